The number of rotatable bonds is 2. The fourth-order valence-corrected chi connectivity index (χ4v) is 1.36. The summed E-state index contributed by atoms with van der Waals surface area (Å²) in [6.45, 7) is 5.84. The molecule has 4 heteroatoms. The van der Waals surface area contributed by atoms with Gasteiger partial charge in [-0.05, 0) is 45.0 Å². The number of aliphatic hydroxyl groups is 1. The highest BCUT2D eigenvalue weighted by molar-refractivity contribution is 5.89. The van der Waals surface area contributed by atoms with Gasteiger partial charge in [-0.1, -0.05) is 11.8 Å². The average molecular weight is 260 g/mol. The van der Waals surface area contributed by atoms with Crippen LogP contribution in [0.1, 0.15) is 32.8 Å². The molecule has 102 valence electrons. The van der Waals surface area contributed by atoms with Crippen LogP contribution in [0.2, 0.25) is 0 Å². The average Bonchev–Trinajstić information content (AvgIpc) is 2.29. The van der Waals surface area contributed by atoms with Gasteiger partial charge in [-0.25, -0.2) is 4.79 Å². The molecule has 4 nitrogen and oxygen atoms in total. The zero-order valence-electron chi connectivity index (χ0n) is 11.6. The van der Waals surface area contributed by atoms with Crippen molar-refractivity contribution in [2.75, 3.05) is 11.9 Å². The van der Waals surface area contributed by atoms with E-state index in [0.29, 0.717) is 6.42 Å². The van der Waals surface area contributed by atoms with Crippen molar-refractivity contribution in [3.8, 4) is 11.8 Å². The number of nitrogens with one attached hydrogen (secondary N) is 2. The third-order valence-electron chi connectivity index (χ3n) is 2.10. The molecule has 19 heavy (non-hydrogen) atoms. The molecule has 0 spiro atoms. The molecule has 0 heterocycles. The van der Waals surface area contributed by atoms with E-state index in [1.165, 1.54) is 0 Å². The van der Waals surface area contributed by atoms with Crippen LogP contribution in [0.25, 0.3) is 0 Å². The van der Waals surface area contributed by atoms with Gasteiger partial charge in [0.2, 0.25) is 0 Å². The SMILES string of the molecule is CC(C)(C)NC(=O)Nc1ccc(C#CCCO)cc1. The minimum atomic E-state index is -0.264. The van der Waals surface area contributed by atoms with Gasteiger partial charge in [-0.2, -0.15) is 0 Å². The van der Waals surface area contributed by atoms with Gasteiger partial charge in [0.1, 0.15) is 0 Å². The maximum Gasteiger partial charge on any atom is 0.319 e. The number of amides is 2. The predicted molar refractivity (Wildman–Crippen MR) is 76.9 cm³/mol. The van der Waals surface area contributed by atoms with E-state index in [9.17, 15) is 4.79 Å². The van der Waals surface area contributed by atoms with Crippen LogP contribution in [-0.2, 0) is 0 Å². The van der Waals surface area contributed by atoms with Crippen LogP contribution in [0.15, 0.2) is 24.3 Å². The summed E-state index contributed by atoms with van der Waals surface area (Å²) in [5.74, 6) is 5.77. The number of hydrogen-bond donors (Lipinski definition) is 3. The highest BCUT2D eigenvalue weighted by Gasteiger charge is 2.13. The lowest BCUT2D eigenvalue weighted by Gasteiger charge is -2.20. The molecular formula is C15H20N2O2. The molecule has 0 aliphatic heterocycles. The minimum Gasteiger partial charge on any atom is -0.395 e. The normalized spacial score (nSPS) is 10.3. The Morgan fingerprint density at radius 2 is 1.89 bits per heavy atom. The summed E-state index contributed by atoms with van der Waals surface area (Å²) >= 11 is 0. The van der Waals surface area contributed by atoms with Crippen molar-refractivity contribution in [3.05, 3.63) is 29.8 Å². The number of aliphatic hydroxyl groups excluding tert-OH is 1. The van der Waals surface area contributed by atoms with Gasteiger partial charge in [-0.15, -0.1) is 0 Å². The van der Waals surface area contributed by atoms with Gasteiger partial charge in [0, 0.05) is 23.2 Å². The van der Waals surface area contributed by atoms with Gasteiger partial charge in [0.05, 0.1) is 6.61 Å². The van der Waals surface area contributed by atoms with Crippen LogP contribution in [0.4, 0.5) is 10.5 Å². The molecule has 0 saturated heterocycles. The van der Waals surface area contributed by atoms with Crippen LogP contribution >= 0.6 is 0 Å². The smallest absolute Gasteiger partial charge is 0.319 e. The summed E-state index contributed by atoms with van der Waals surface area (Å²) < 4.78 is 0. The Morgan fingerprint density at radius 3 is 2.42 bits per heavy atom. The highest BCUT2D eigenvalue weighted by atomic mass is 16.2. The fourth-order valence-electron chi connectivity index (χ4n) is 1.36. The molecule has 0 fully saturated rings. The summed E-state index contributed by atoms with van der Waals surface area (Å²) in [6.07, 6.45) is 0.466. The molecular weight excluding hydrogens is 240 g/mol. The summed E-state index contributed by atoms with van der Waals surface area (Å²) in [5, 5.41) is 14.2. The van der Waals surface area contributed by atoms with Crippen LogP contribution < -0.4 is 10.6 Å². The first-order valence-corrected chi connectivity index (χ1v) is 6.20. The van der Waals surface area contributed by atoms with Gasteiger partial charge in [0.15, 0.2) is 0 Å². The number of anilines is 1. The number of carbonyl (C=O) groups is 1. The minimum absolute atomic E-state index is 0.0691. The molecule has 0 aliphatic carbocycles. The van der Waals surface area contributed by atoms with Gasteiger partial charge >= 0.3 is 6.03 Å². The van der Waals surface area contributed by atoms with Crippen molar-refractivity contribution in [1.29, 1.82) is 0 Å². The van der Waals surface area contributed by atoms with Crippen LogP contribution in [0, 0.1) is 11.8 Å². The lowest BCUT2D eigenvalue weighted by Crippen LogP contribution is -2.43. The second kappa shape index (κ2) is 6.81. The highest BCUT2D eigenvalue weighted by Crippen LogP contribution is 2.09. The Bertz CT molecular complexity index is 476. The first-order chi connectivity index (χ1) is 8.90. The van der Waals surface area contributed by atoms with Crippen molar-refractivity contribution < 1.29 is 9.90 Å². The second-order valence-electron chi connectivity index (χ2n) is 5.18. The van der Waals surface area contributed by atoms with E-state index >= 15 is 0 Å². The Kier molecular flexibility index (Phi) is 5.40. The Balaban J connectivity index is 2.58. The number of benzene rings is 1. The monoisotopic (exact) mass is 260 g/mol. The van der Waals surface area contributed by atoms with Crippen molar-refractivity contribution in [1.82, 2.24) is 5.32 Å². The van der Waals surface area contributed by atoms with Crippen molar-refractivity contribution in [3.63, 3.8) is 0 Å². The summed E-state index contributed by atoms with van der Waals surface area (Å²) in [6, 6.07) is 7.02. The van der Waals surface area contributed by atoms with Gasteiger partial charge in [-0.3, -0.25) is 0 Å². The largest absolute Gasteiger partial charge is 0.395 e. The zero-order chi connectivity index (χ0) is 14.3. The third-order valence-corrected chi connectivity index (χ3v) is 2.10. The lowest BCUT2D eigenvalue weighted by molar-refractivity contribution is 0.244. The second-order valence-corrected chi connectivity index (χ2v) is 5.18. The third kappa shape index (κ3) is 6.49. The van der Waals surface area contributed by atoms with Crippen molar-refractivity contribution in [2.45, 2.75) is 32.7 Å². The molecule has 2 amide bonds. The summed E-state index contributed by atoms with van der Waals surface area (Å²) in [5.41, 5.74) is 1.31. The van der Waals surface area contributed by atoms with Gasteiger partial charge < -0.3 is 15.7 Å². The first-order valence-electron chi connectivity index (χ1n) is 6.20. The lowest BCUT2D eigenvalue weighted by atomic mass is 10.1. The Labute approximate surface area is 114 Å². The van der Waals surface area contributed by atoms with E-state index in [4.69, 9.17) is 5.11 Å². The molecule has 0 unspecified atom stereocenters. The molecule has 0 aliphatic rings. The van der Waals surface area contributed by atoms with E-state index in [1.54, 1.807) is 12.1 Å². The standard InChI is InChI=1S/C15H20N2O2/c1-15(2,3)17-14(19)16-13-9-7-12(8-10-13)6-4-5-11-18/h7-10,18H,5,11H2,1-3H3,(H2,16,17,19). The number of hydrogen-bond acceptors (Lipinski definition) is 2. The summed E-state index contributed by atoms with van der Waals surface area (Å²) in [4.78, 5) is 11.6. The Hall–Kier alpha value is -1.99. The molecule has 1 rings (SSSR count). The zero-order valence-corrected chi connectivity index (χ0v) is 11.6. The molecule has 1 aromatic carbocycles. The van der Waals surface area contributed by atoms with E-state index in [1.807, 2.05) is 32.9 Å². The van der Waals surface area contributed by atoms with E-state index in [0.717, 1.165) is 11.3 Å². The quantitative estimate of drug-likeness (QED) is 0.715. The van der Waals surface area contributed by atoms with E-state index < -0.39 is 0 Å². The topological polar surface area (TPSA) is 61.4 Å². The predicted octanol–water partition coefficient (Wildman–Crippen LogP) is 2.34. The molecule has 1 aromatic rings. The maximum absolute atomic E-state index is 11.6. The maximum atomic E-state index is 11.6. The van der Waals surface area contributed by atoms with E-state index in [2.05, 4.69) is 22.5 Å². The number of carbonyl (C=O) groups excluding carboxylic acids is 1. The van der Waals surface area contributed by atoms with Gasteiger partial charge in [0.25, 0.3) is 0 Å². The molecule has 0 bridgehead atoms. The molecule has 0 radical (unpaired) electrons. The Morgan fingerprint density at radius 1 is 1.26 bits per heavy atom. The van der Waals surface area contributed by atoms with Crippen molar-refractivity contribution >= 4 is 11.7 Å². The molecule has 0 aromatic heterocycles. The van der Waals surface area contributed by atoms with Crippen molar-refractivity contribution in [2.24, 2.45) is 0 Å². The first kappa shape index (κ1) is 15.1. The molecule has 0 saturated carbocycles. The van der Waals surface area contributed by atoms with Crippen LogP contribution in [0.5, 0.6) is 0 Å². The molecule has 3 N–H and O–H groups in total. The summed E-state index contributed by atoms with van der Waals surface area (Å²) in [7, 11) is 0. The molecule has 0 atom stereocenters. The van der Waals surface area contributed by atoms with Crippen LogP contribution in [-0.4, -0.2) is 23.3 Å². The fraction of sp³-hybridized carbons (Fsp3) is 0.400. The van der Waals surface area contributed by atoms with E-state index in [-0.39, 0.29) is 18.2 Å². The van der Waals surface area contributed by atoms with Crippen LogP contribution in [0.3, 0.4) is 0 Å². The number of urea groups is 1.